The molecule has 0 aromatic heterocycles. The number of esters is 1. The Hall–Kier alpha value is -0.0200. The first-order valence-electron chi connectivity index (χ1n) is 2.20. The van der Waals surface area contributed by atoms with Crippen LogP contribution in [0.25, 0.3) is 0 Å². The Balaban J connectivity index is 3.79. The number of carbonyl (C=O) groups excluding carboxylic acids is 1. The van der Waals surface area contributed by atoms with Crippen LogP contribution in [-0.2, 0) is 9.53 Å². The van der Waals surface area contributed by atoms with Crippen LogP contribution in [0.4, 0.5) is 0 Å². The highest BCUT2D eigenvalue weighted by atomic mass is 79.9. The van der Waals surface area contributed by atoms with Gasteiger partial charge in [-0.15, -0.1) is 0 Å². The minimum Gasteiger partial charge on any atom is -0.466 e. The van der Waals surface area contributed by atoms with Crippen LogP contribution in [0.5, 0.6) is 0 Å². The summed E-state index contributed by atoms with van der Waals surface area (Å²) >= 11 is 8.52. The summed E-state index contributed by atoms with van der Waals surface area (Å²) in [6, 6.07) is 0. The van der Waals surface area contributed by atoms with Gasteiger partial charge in [0.1, 0.15) is 0 Å². The lowest BCUT2D eigenvalue weighted by Crippen LogP contribution is -1.95. The van der Waals surface area contributed by atoms with Crippen molar-refractivity contribution in [3.05, 3.63) is 11.1 Å². The highest BCUT2D eigenvalue weighted by Gasteiger charge is 1.94. The zero-order chi connectivity index (χ0) is 7.28. The molecule has 0 aliphatic rings. The summed E-state index contributed by atoms with van der Waals surface area (Å²) in [6.07, 6.45) is 1.22. The van der Waals surface area contributed by atoms with Crippen molar-refractivity contribution in [2.45, 2.75) is 0 Å². The zero-order valence-corrected chi connectivity index (χ0v) is 7.20. The van der Waals surface area contributed by atoms with Gasteiger partial charge in [0, 0.05) is 16.4 Å². The van der Waals surface area contributed by atoms with E-state index in [1.807, 2.05) is 0 Å². The first kappa shape index (κ1) is 8.98. The van der Waals surface area contributed by atoms with Crippen LogP contribution in [-0.4, -0.2) is 18.4 Å². The molecule has 52 valence electrons. The van der Waals surface area contributed by atoms with Crippen LogP contribution in [0.1, 0.15) is 0 Å². The average Bonchev–Trinajstić information content (AvgIpc) is 1.87. The van der Waals surface area contributed by atoms with E-state index in [9.17, 15) is 4.79 Å². The van der Waals surface area contributed by atoms with Gasteiger partial charge in [-0.05, 0) is 0 Å². The Morgan fingerprint density at radius 3 is 2.78 bits per heavy atom. The van der Waals surface area contributed by atoms with Crippen LogP contribution in [0.3, 0.4) is 0 Å². The topological polar surface area (TPSA) is 26.3 Å². The molecule has 0 amide bonds. The standard InChI is InChI=1S/C5H6BrClO2/c1-9-5(8)2-4(7)3-6/h2H,3H2,1H3/b4-2+. The minimum absolute atomic E-state index is 0.431. The number of alkyl halides is 1. The van der Waals surface area contributed by atoms with E-state index in [2.05, 4.69) is 20.7 Å². The Labute approximate surface area is 67.0 Å². The largest absolute Gasteiger partial charge is 0.466 e. The minimum atomic E-state index is -0.431. The maximum atomic E-state index is 10.4. The van der Waals surface area contributed by atoms with Crippen molar-refractivity contribution in [3.8, 4) is 0 Å². The number of halogens is 2. The molecule has 0 rings (SSSR count). The second-order valence-electron chi connectivity index (χ2n) is 1.25. The van der Waals surface area contributed by atoms with Gasteiger partial charge < -0.3 is 4.74 Å². The van der Waals surface area contributed by atoms with Crippen molar-refractivity contribution in [2.24, 2.45) is 0 Å². The Bertz CT molecular complexity index is 133. The van der Waals surface area contributed by atoms with Gasteiger partial charge in [-0.25, -0.2) is 4.79 Å². The molecule has 0 aliphatic carbocycles. The predicted octanol–water partition coefficient (Wildman–Crippen LogP) is 1.68. The summed E-state index contributed by atoms with van der Waals surface area (Å²) in [5, 5.41) is 0.908. The third-order valence-corrected chi connectivity index (χ3v) is 1.77. The van der Waals surface area contributed by atoms with E-state index in [1.54, 1.807) is 0 Å². The lowest BCUT2D eigenvalue weighted by Gasteiger charge is -1.90. The molecule has 0 heterocycles. The number of hydrogen-bond donors (Lipinski definition) is 0. The fourth-order valence-electron chi connectivity index (χ4n) is 0.225. The number of ether oxygens (including phenoxy) is 1. The van der Waals surface area contributed by atoms with Crippen molar-refractivity contribution in [2.75, 3.05) is 12.4 Å². The van der Waals surface area contributed by atoms with Gasteiger partial charge >= 0.3 is 5.97 Å². The summed E-state index contributed by atoms with van der Waals surface area (Å²) in [7, 11) is 1.30. The second kappa shape index (κ2) is 4.82. The molecule has 4 heteroatoms. The van der Waals surface area contributed by atoms with Gasteiger partial charge in [-0.1, -0.05) is 27.5 Å². The molecule has 2 nitrogen and oxygen atoms in total. The zero-order valence-electron chi connectivity index (χ0n) is 4.86. The van der Waals surface area contributed by atoms with Gasteiger partial charge in [0.15, 0.2) is 0 Å². The molecule has 0 N–H and O–H groups in total. The summed E-state index contributed by atoms with van der Waals surface area (Å²) in [5.74, 6) is -0.431. The lowest BCUT2D eigenvalue weighted by atomic mass is 10.5. The highest BCUT2D eigenvalue weighted by Crippen LogP contribution is 2.04. The Kier molecular flexibility index (Phi) is 4.81. The van der Waals surface area contributed by atoms with Gasteiger partial charge in [0.2, 0.25) is 0 Å². The number of hydrogen-bond acceptors (Lipinski definition) is 2. The van der Waals surface area contributed by atoms with Crippen LogP contribution >= 0.6 is 27.5 Å². The number of allylic oxidation sites excluding steroid dienone is 1. The summed E-state index contributed by atoms with van der Waals surface area (Å²) < 4.78 is 4.30. The molecular weight excluding hydrogens is 207 g/mol. The lowest BCUT2D eigenvalue weighted by molar-refractivity contribution is -0.134. The van der Waals surface area contributed by atoms with Gasteiger partial charge in [0.05, 0.1) is 7.11 Å². The Morgan fingerprint density at radius 2 is 2.44 bits per heavy atom. The van der Waals surface area contributed by atoms with Crippen LogP contribution in [0.15, 0.2) is 11.1 Å². The van der Waals surface area contributed by atoms with Crippen molar-refractivity contribution in [1.29, 1.82) is 0 Å². The number of carbonyl (C=O) groups is 1. The number of rotatable bonds is 2. The molecule has 0 radical (unpaired) electrons. The van der Waals surface area contributed by atoms with Gasteiger partial charge in [0.25, 0.3) is 0 Å². The monoisotopic (exact) mass is 212 g/mol. The van der Waals surface area contributed by atoms with E-state index < -0.39 is 5.97 Å². The van der Waals surface area contributed by atoms with Gasteiger partial charge in [-0.2, -0.15) is 0 Å². The van der Waals surface area contributed by atoms with Crippen LogP contribution in [0.2, 0.25) is 0 Å². The molecule has 0 saturated heterocycles. The maximum absolute atomic E-state index is 10.4. The van der Waals surface area contributed by atoms with E-state index in [0.29, 0.717) is 10.4 Å². The van der Waals surface area contributed by atoms with Crippen molar-refractivity contribution >= 4 is 33.5 Å². The fraction of sp³-hybridized carbons (Fsp3) is 0.400. The van der Waals surface area contributed by atoms with E-state index in [0.717, 1.165) is 0 Å². The Morgan fingerprint density at radius 1 is 1.89 bits per heavy atom. The summed E-state index contributed by atoms with van der Waals surface area (Å²) in [5.41, 5.74) is 0. The molecule has 0 bridgehead atoms. The summed E-state index contributed by atoms with van der Waals surface area (Å²) in [6.45, 7) is 0. The fourth-order valence-corrected chi connectivity index (χ4v) is 0.476. The van der Waals surface area contributed by atoms with Crippen molar-refractivity contribution in [1.82, 2.24) is 0 Å². The third kappa shape index (κ3) is 4.48. The third-order valence-electron chi connectivity index (χ3n) is 0.603. The van der Waals surface area contributed by atoms with Crippen LogP contribution in [0, 0.1) is 0 Å². The molecule has 0 spiro atoms. The van der Waals surface area contributed by atoms with E-state index >= 15 is 0 Å². The first-order chi connectivity index (χ1) is 4.20. The highest BCUT2D eigenvalue weighted by molar-refractivity contribution is 9.09. The smallest absolute Gasteiger partial charge is 0.331 e. The first-order valence-corrected chi connectivity index (χ1v) is 3.70. The SMILES string of the molecule is COC(=O)/C=C(/Cl)CBr. The molecule has 0 unspecified atom stereocenters. The molecule has 0 saturated carbocycles. The maximum Gasteiger partial charge on any atom is 0.331 e. The number of methoxy groups -OCH3 is 1. The predicted molar refractivity (Wildman–Crippen MR) is 39.7 cm³/mol. The van der Waals surface area contributed by atoms with Gasteiger partial charge in [-0.3, -0.25) is 0 Å². The van der Waals surface area contributed by atoms with Crippen molar-refractivity contribution in [3.63, 3.8) is 0 Å². The molecule has 0 atom stereocenters. The molecule has 0 aromatic carbocycles. The quantitative estimate of drug-likeness (QED) is 0.396. The summed E-state index contributed by atoms with van der Waals surface area (Å²) in [4.78, 5) is 10.4. The van der Waals surface area contributed by atoms with E-state index in [-0.39, 0.29) is 0 Å². The average molecular weight is 213 g/mol. The van der Waals surface area contributed by atoms with E-state index in [1.165, 1.54) is 13.2 Å². The normalized spacial score (nSPS) is 11.2. The van der Waals surface area contributed by atoms with Crippen molar-refractivity contribution < 1.29 is 9.53 Å². The molecular formula is C5H6BrClO2. The van der Waals surface area contributed by atoms with Crippen LogP contribution < -0.4 is 0 Å². The molecule has 0 aromatic rings. The molecule has 9 heavy (non-hydrogen) atoms. The second-order valence-corrected chi connectivity index (χ2v) is 2.29. The van der Waals surface area contributed by atoms with E-state index in [4.69, 9.17) is 11.6 Å². The molecule has 0 aliphatic heterocycles. The molecule has 0 fully saturated rings.